The number of fused-ring (bicyclic) bond motifs is 1. The van der Waals surface area contributed by atoms with Crippen LogP contribution in [0, 0.1) is 18.3 Å². The molecule has 3 aromatic rings. The van der Waals surface area contributed by atoms with Crippen molar-refractivity contribution in [2.75, 3.05) is 6.54 Å². The van der Waals surface area contributed by atoms with E-state index in [-0.39, 0.29) is 5.91 Å². The highest BCUT2D eigenvalue weighted by Gasteiger charge is 2.63. The number of para-hydroxylation sites is 1. The van der Waals surface area contributed by atoms with Gasteiger partial charge in [0, 0.05) is 23.2 Å². The summed E-state index contributed by atoms with van der Waals surface area (Å²) in [6.07, 6.45) is 1.66. The smallest absolute Gasteiger partial charge is 0.247 e. The summed E-state index contributed by atoms with van der Waals surface area (Å²) in [5, 5.41) is 13.0. The van der Waals surface area contributed by atoms with Crippen LogP contribution in [0.3, 0.4) is 0 Å². The molecule has 7 nitrogen and oxygen atoms in total. The van der Waals surface area contributed by atoms with E-state index in [9.17, 15) is 9.59 Å². The van der Waals surface area contributed by atoms with Crippen LogP contribution >= 0.6 is 0 Å². The van der Waals surface area contributed by atoms with Gasteiger partial charge in [-0.3, -0.25) is 19.8 Å². The van der Waals surface area contributed by atoms with E-state index in [2.05, 4.69) is 10.3 Å². The standard InChI is InChI=1S/C26H29N3O4/c1-3-12-27-25(31)26(15-22(26)24(30)29-32)14-18-8-10-20(11-9-18)33-16-19-13-17(2)28-23-7-5-4-6-21(19)23/h4-11,13,22,32H,3,12,14-16H2,1-2H3,(H,27,31)(H,29,30). The summed E-state index contributed by atoms with van der Waals surface area (Å²) >= 11 is 0. The number of nitrogens with zero attached hydrogens (tertiary/aromatic N) is 1. The Morgan fingerprint density at radius 3 is 2.67 bits per heavy atom. The molecule has 172 valence electrons. The van der Waals surface area contributed by atoms with E-state index >= 15 is 0 Å². The molecule has 2 amide bonds. The van der Waals surface area contributed by atoms with Crippen molar-refractivity contribution < 1.29 is 19.5 Å². The molecule has 4 rings (SSSR count). The second kappa shape index (κ2) is 9.58. The molecule has 0 spiro atoms. The molecule has 1 aromatic heterocycles. The topological polar surface area (TPSA) is 101 Å². The lowest BCUT2D eigenvalue weighted by Crippen LogP contribution is -2.37. The Labute approximate surface area is 193 Å². The van der Waals surface area contributed by atoms with E-state index in [4.69, 9.17) is 9.94 Å². The van der Waals surface area contributed by atoms with Gasteiger partial charge in [0.1, 0.15) is 12.4 Å². The molecule has 2 unspecified atom stereocenters. The number of aromatic nitrogens is 1. The first kappa shape index (κ1) is 22.7. The third-order valence-electron chi connectivity index (χ3n) is 6.26. The predicted octanol–water partition coefficient (Wildman–Crippen LogP) is 3.70. The van der Waals surface area contributed by atoms with Gasteiger partial charge in [-0.25, -0.2) is 5.48 Å². The quantitative estimate of drug-likeness (QED) is 0.343. The van der Waals surface area contributed by atoms with Crippen molar-refractivity contribution >= 4 is 22.7 Å². The van der Waals surface area contributed by atoms with E-state index in [0.29, 0.717) is 26.0 Å². The number of hydroxylamine groups is 1. The van der Waals surface area contributed by atoms with E-state index in [1.165, 1.54) is 0 Å². The van der Waals surface area contributed by atoms with E-state index in [0.717, 1.165) is 39.9 Å². The number of hydrogen-bond acceptors (Lipinski definition) is 5. The Balaban J connectivity index is 1.45. The fourth-order valence-electron chi connectivity index (χ4n) is 4.41. The fraction of sp³-hybridized carbons (Fsp3) is 0.346. The maximum absolute atomic E-state index is 12.8. The summed E-state index contributed by atoms with van der Waals surface area (Å²) < 4.78 is 6.03. The number of hydrogen-bond donors (Lipinski definition) is 3. The van der Waals surface area contributed by atoms with Crippen molar-refractivity contribution in [2.45, 2.75) is 39.7 Å². The van der Waals surface area contributed by atoms with Crippen LogP contribution in [-0.4, -0.2) is 28.6 Å². The maximum atomic E-state index is 12.8. The van der Waals surface area contributed by atoms with Gasteiger partial charge in [0.2, 0.25) is 11.8 Å². The Morgan fingerprint density at radius 1 is 1.18 bits per heavy atom. The van der Waals surface area contributed by atoms with Gasteiger partial charge in [0.25, 0.3) is 0 Å². The summed E-state index contributed by atoms with van der Waals surface area (Å²) in [4.78, 5) is 29.3. The largest absolute Gasteiger partial charge is 0.489 e. The number of rotatable bonds is 9. The average Bonchev–Trinajstić information content (AvgIpc) is 3.56. The predicted molar refractivity (Wildman–Crippen MR) is 125 cm³/mol. The molecule has 2 aromatic carbocycles. The monoisotopic (exact) mass is 447 g/mol. The lowest BCUT2D eigenvalue weighted by Gasteiger charge is -2.17. The summed E-state index contributed by atoms with van der Waals surface area (Å²) in [6, 6.07) is 17.7. The minimum Gasteiger partial charge on any atom is -0.489 e. The van der Waals surface area contributed by atoms with Crippen LogP contribution in [0.2, 0.25) is 0 Å². The first-order valence-electron chi connectivity index (χ1n) is 11.3. The number of amides is 2. The molecule has 1 aliphatic carbocycles. The number of carbonyl (C=O) groups is 2. The second-order valence-corrected chi connectivity index (χ2v) is 8.69. The van der Waals surface area contributed by atoms with Gasteiger partial charge in [-0.1, -0.05) is 37.3 Å². The molecule has 0 aliphatic heterocycles. The molecule has 0 radical (unpaired) electrons. The second-order valence-electron chi connectivity index (χ2n) is 8.69. The zero-order chi connectivity index (χ0) is 23.4. The third kappa shape index (κ3) is 4.83. The molecule has 0 bridgehead atoms. The minimum absolute atomic E-state index is 0.141. The highest BCUT2D eigenvalue weighted by Crippen LogP contribution is 2.55. The van der Waals surface area contributed by atoms with Crippen molar-refractivity contribution in [1.82, 2.24) is 15.8 Å². The lowest BCUT2D eigenvalue weighted by atomic mass is 9.92. The van der Waals surface area contributed by atoms with Crippen LogP contribution in [0.25, 0.3) is 10.9 Å². The summed E-state index contributed by atoms with van der Waals surface area (Å²) in [5.74, 6) is -0.458. The molecule has 1 heterocycles. The summed E-state index contributed by atoms with van der Waals surface area (Å²) in [6.45, 7) is 4.93. The SMILES string of the molecule is CCCNC(=O)C1(Cc2ccc(OCc3cc(C)nc4ccccc34)cc2)CC1C(=O)NO. The van der Waals surface area contributed by atoms with Gasteiger partial charge >= 0.3 is 0 Å². The van der Waals surface area contributed by atoms with Crippen LogP contribution < -0.4 is 15.5 Å². The number of carbonyl (C=O) groups excluding carboxylic acids is 2. The zero-order valence-corrected chi connectivity index (χ0v) is 18.9. The molecular weight excluding hydrogens is 418 g/mol. The van der Waals surface area contributed by atoms with E-state index < -0.39 is 17.2 Å². The number of ether oxygens (including phenoxy) is 1. The van der Waals surface area contributed by atoms with Crippen LogP contribution in [0.4, 0.5) is 0 Å². The van der Waals surface area contributed by atoms with Gasteiger partial charge in [-0.15, -0.1) is 0 Å². The molecular formula is C26H29N3O4. The van der Waals surface area contributed by atoms with Gasteiger partial charge in [-0.2, -0.15) is 0 Å². The molecule has 1 fully saturated rings. The van der Waals surface area contributed by atoms with Gasteiger partial charge in [0.15, 0.2) is 0 Å². The van der Waals surface area contributed by atoms with Crippen LogP contribution in [0.15, 0.2) is 54.6 Å². The van der Waals surface area contributed by atoms with E-state index in [1.54, 1.807) is 5.48 Å². The third-order valence-corrected chi connectivity index (χ3v) is 6.26. The lowest BCUT2D eigenvalue weighted by molar-refractivity contribution is -0.135. The minimum atomic E-state index is -0.822. The van der Waals surface area contributed by atoms with E-state index in [1.807, 2.05) is 68.4 Å². The van der Waals surface area contributed by atoms with Crippen molar-refractivity contribution in [3.8, 4) is 5.75 Å². The number of nitrogens with one attached hydrogen (secondary N) is 2. The Morgan fingerprint density at radius 2 is 1.94 bits per heavy atom. The number of benzene rings is 2. The first-order chi connectivity index (χ1) is 16.0. The normalized spacial score (nSPS) is 19.2. The summed E-state index contributed by atoms with van der Waals surface area (Å²) in [7, 11) is 0. The summed E-state index contributed by atoms with van der Waals surface area (Å²) in [5.41, 5.74) is 4.78. The fourth-order valence-corrected chi connectivity index (χ4v) is 4.41. The molecule has 1 aliphatic rings. The number of pyridine rings is 1. The van der Waals surface area contributed by atoms with Crippen molar-refractivity contribution in [3.63, 3.8) is 0 Å². The number of aryl methyl sites for hydroxylation is 1. The van der Waals surface area contributed by atoms with Crippen LogP contribution in [-0.2, 0) is 22.6 Å². The Bertz CT molecular complexity index is 1160. The van der Waals surface area contributed by atoms with Gasteiger partial charge in [0.05, 0.1) is 16.8 Å². The molecule has 33 heavy (non-hydrogen) atoms. The van der Waals surface area contributed by atoms with Crippen molar-refractivity contribution in [1.29, 1.82) is 0 Å². The maximum Gasteiger partial charge on any atom is 0.247 e. The Kier molecular flexibility index (Phi) is 6.60. The van der Waals surface area contributed by atoms with Crippen LogP contribution in [0.5, 0.6) is 5.75 Å². The van der Waals surface area contributed by atoms with Crippen molar-refractivity contribution in [2.24, 2.45) is 11.3 Å². The highest BCUT2D eigenvalue weighted by atomic mass is 16.5. The molecule has 0 saturated heterocycles. The molecule has 2 atom stereocenters. The van der Waals surface area contributed by atoms with Gasteiger partial charge < -0.3 is 10.1 Å². The first-order valence-corrected chi connectivity index (χ1v) is 11.3. The van der Waals surface area contributed by atoms with Gasteiger partial charge in [-0.05, 0) is 56.0 Å². The molecule has 1 saturated carbocycles. The van der Waals surface area contributed by atoms with Crippen molar-refractivity contribution in [3.05, 3.63) is 71.4 Å². The zero-order valence-electron chi connectivity index (χ0n) is 18.9. The average molecular weight is 448 g/mol. The molecule has 7 heteroatoms. The Hall–Kier alpha value is -3.45. The van der Waals surface area contributed by atoms with Crippen LogP contribution in [0.1, 0.15) is 36.6 Å². The highest BCUT2D eigenvalue weighted by molar-refractivity contribution is 5.95. The molecule has 3 N–H and O–H groups in total.